The smallest absolute Gasteiger partial charge is 0.224 e. The molecule has 1 fully saturated rings. The van der Waals surface area contributed by atoms with Gasteiger partial charge in [-0.15, -0.1) is 24.0 Å². The third-order valence-corrected chi connectivity index (χ3v) is 4.34. The minimum Gasteiger partial charge on any atom is -0.497 e. The van der Waals surface area contributed by atoms with Gasteiger partial charge in [0.1, 0.15) is 11.5 Å². The fraction of sp³-hybridized carbons (Fsp3) is 0.579. The molecule has 1 aromatic carbocycles. The number of hydrogen-bond acceptors (Lipinski definition) is 4. The molecule has 2 N–H and O–H groups in total. The number of amides is 1. The first-order valence-electron chi connectivity index (χ1n) is 9.18. The van der Waals surface area contributed by atoms with Crippen molar-refractivity contribution >= 4 is 35.8 Å². The SMILES string of the molecule is CCNC(=NCc1ccc(OC)cc1OC)NCCC(=O)N1CCCC1.I. The third kappa shape index (κ3) is 7.43. The number of likely N-dealkylation sites (tertiary alicyclic amines) is 1. The quantitative estimate of drug-likeness (QED) is 0.333. The van der Waals surface area contributed by atoms with Gasteiger partial charge in [-0.05, 0) is 31.9 Å². The van der Waals surface area contributed by atoms with Crippen LogP contribution in [0.25, 0.3) is 0 Å². The zero-order valence-corrected chi connectivity index (χ0v) is 18.7. The van der Waals surface area contributed by atoms with E-state index < -0.39 is 0 Å². The third-order valence-electron chi connectivity index (χ3n) is 4.34. The molecule has 0 spiro atoms. The summed E-state index contributed by atoms with van der Waals surface area (Å²) < 4.78 is 10.6. The molecule has 1 aromatic rings. The van der Waals surface area contributed by atoms with E-state index in [0.717, 1.165) is 49.5 Å². The average Bonchev–Trinajstić information content (AvgIpc) is 3.20. The molecular weight excluding hydrogens is 459 g/mol. The van der Waals surface area contributed by atoms with Gasteiger partial charge in [0.05, 0.1) is 20.8 Å². The number of benzene rings is 1. The zero-order valence-electron chi connectivity index (χ0n) is 16.4. The Morgan fingerprint density at radius 1 is 1.19 bits per heavy atom. The molecule has 27 heavy (non-hydrogen) atoms. The van der Waals surface area contributed by atoms with Crippen LogP contribution in [0.1, 0.15) is 31.7 Å². The largest absolute Gasteiger partial charge is 0.497 e. The van der Waals surface area contributed by atoms with E-state index in [1.807, 2.05) is 30.0 Å². The molecular formula is C19H31IN4O3. The standard InChI is InChI=1S/C19H30N4O3.HI/c1-4-20-19(21-10-9-18(24)23-11-5-6-12-23)22-14-15-7-8-16(25-2)13-17(15)26-3;/h7-8,13H,4-6,9-12,14H2,1-3H3,(H2,20,21,22);1H. The summed E-state index contributed by atoms with van der Waals surface area (Å²) in [6.45, 7) is 5.60. The second-order valence-electron chi connectivity index (χ2n) is 6.14. The van der Waals surface area contributed by atoms with Gasteiger partial charge in [-0.2, -0.15) is 0 Å². The van der Waals surface area contributed by atoms with Crippen LogP contribution in [-0.2, 0) is 11.3 Å². The predicted molar refractivity (Wildman–Crippen MR) is 118 cm³/mol. The second kappa shape index (κ2) is 12.6. The van der Waals surface area contributed by atoms with Gasteiger partial charge < -0.3 is 25.0 Å². The number of ether oxygens (including phenoxy) is 2. The normalized spacial score (nSPS) is 13.7. The molecule has 1 saturated heterocycles. The van der Waals surface area contributed by atoms with Crippen molar-refractivity contribution in [2.75, 3.05) is 40.4 Å². The average molecular weight is 490 g/mol. The van der Waals surface area contributed by atoms with E-state index in [9.17, 15) is 4.79 Å². The lowest BCUT2D eigenvalue weighted by atomic mass is 10.2. The van der Waals surface area contributed by atoms with Crippen LogP contribution in [0.3, 0.4) is 0 Å². The summed E-state index contributed by atoms with van der Waals surface area (Å²) in [4.78, 5) is 18.6. The molecule has 2 rings (SSSR count). The summed E-state index contributed by atoms with van der Waals surface area (Å²) in [6.07, 6.45) is 2.72. The summed E-state index contributed by atoms with van der Waals surface area (Å²) in [6, 6.07) is 5.68. The van der Waals surface area contributed by atoms with Crippen LogP contribution < -0.4 is 20.1 Å². The van der Waals surface area contributed by atoms with E-state index in [0.29, 0.717) is 25.5 Å². The van der Waals surface area contributed by atoms with Gasteiger partial charge in [0, 0.05) is 44.2 Å². The van der Waals surface area contributed by atoms with Crippen LogP contribution in [0.4, 0.5) is 0 Å². The molecule has 0 aromatic heterocycles. The van der Waals surface area contributed by atoms with Crippen molar-refractivity contribution in [2.24, 2.45) is 4.99 Å². The Kier molecular flexibility index (Phi) is 10.9. The van der Waals surface area contributed by atoms with E-state index in [1.54, 1.807) is 14.2 Å². The number of carbonyl (C=O) groups excluding carboxylic acids is 1. The molecule has 0 radical (unpaired) electrons. The molecule has 1 aliphatic heterocycles. The zero-order chi connectivity index (χ0) is 18.8. The fourth-order valence-electron chi connectivity index (χ4n) is 2.90. The van der Waals surface area contributed by atoms with E-state index in [1.165, 1.54) is 0 Å². The number of halogens is 1. The first kappa shape index (κ1) is 23.3. The lowest BCUT2D eigenvalue weighted by Gasteiger charge is -2.16. The minimum atomic E-state index is 0. The van der Waals surface area contributed by atoms with Crippen molar-refractivity contribution in [3.05, 3.63) is 23.8 Å². The van der Waals surface area contributed by atoms with Gasteiger partial charge in [-0.3, -0.25) is 4.79 Å². The predicted octanol–water partition coefficient (Wildman–Crippen LogP) is 2.39. The summed E-state index contributed by atoms with van der Waals surface area (Å²) in [5.41, 5.74) is 0.971. The molecule has 8 heteroatoms. The lowest BCUT2D eigenvalue weighted by molar-refractivity contribution is -0.129. The number of nitrogens with zero attached hydrogens (tertiary/aromatic N) is 2. The van der Waals surface area contributed by atoms with E-state index in [4.69, 9.17) is 9.47 Å². The van der Waals surface area contributed by atoms with Crippen LogP contribution >= 0.6 is 24.0 Å². The lowest BCUT2D eigenvalue weighted by Crippen LogP contribution is -2.39. The van der Waals surface area contributed by atoms with Gasteiger partial charge in [0.15, 0.2) is 5.96 Å². The molecule has 0 unspecified atom stereocenters. The number of guanidine groups is 1. The molecule has 0 bridgehead atoms. The van der Waals surface area contributed by atoms with Crippen LogP contribution in [0, 0.1) is 0 Å². The fourth-order valence-corrected chi connectivity index (χ4v) is 2.90. The van der Waals surface area contributed by atoms with Crippen molar-refractivity contribution in [2.45, 2.75) is 32.7 Å². The molecule has 152 valence electrons. The Morgan fingerprint density at radius 3 is 2.56 bits per heavy atom. The van der Waals surface area contributed by atoms with Gasteiger partial charge in [-0.25, -0.2) is 4.99 Å². The van der Waals surface area contributed by atoms with Crippen LogP contribution in [-0.4, -0.2) is 57.2 Å². The monoisotopic (exact) mass is 490 g/mol. The number of nitrogens with one attached hydrogen (secondary N) is 2. The van der Waals surface area contributed by atoms with Gasteiger partial charge in [-0.1, -0.05) is 0 Å². The highest BCUT2D eigenvalue weighted by molar-refractivity contribution is 14.0. The van der Waals surface area contributed by atoms with Gasteiger partial charge >= 0.3 is 0 Å². The Labute approximate surface area is 178 Å². The number of methoxy groups -OCH3 is 2. The highest BCUT2D eigenvalue weighted by Gasteiger charge is 2.17. The van der Waals surface area contributed by atoms with E-state index >= 15 is 0 Å². The Hall–Kier alpha value is -1.71. The van der Waals surface area contributed by atoms with Crippen molar-refractivity contribution in [1.29, 1.82) is 0 Å². The topological polar surface area (TPSA) is 75.2 Å². The molecule has 0 saturated carbocycles. The highest BCUT2D eigenvalue weighted by atomic mass is 127. The Balaban J connectivity index is 0.00000364. The van der Waals surface area contributed by atoms with E-state index in [2.05, 4.69) is 15.6 Å². The first-order valence-corrected chi connectivity index (χ1v) is 9.18. The summed E-state index contributed by atoms with van der Waals surface area (Å²) in [5, 5.41) is 6.44. The van der Waals surface area contributed by atoms with E-state index in [-0.39, 0.29) is 29.9 Å². The maximum Gasteiger partial charge on any atom is 0.224 e. The van der Waals surface area contributed by atoms with Crippen molar-refractivity contribution in [1.82, 2.24) is 15.5 Å². The second-order valence-corrected chi connectivity index (χ2v) is 6.14. The Morgan fingerprint density at radius 2 is 1.93 bits per heavy atom. The molecule has 1 heterocycles. The van der Waals surface area contributed by atoms with Crippen molar-refractivity contribution < 1.29 is 14.3 Å². The maximum absolute atomic E-state index is 12.1. The molecule has 1 amide bonds. The molecule has 1 aliphatic rings. The summed E-state index contributed by atoms with van der Waals surface area (Å²) in [5.74, 6) is 2.40. The van der Waals surface area contributed by atoms with Gasteiger partial charge in [0.25, 0.3) is 0 Å². The Bertz CT molecular complexity index is 619. The van der Waals surface area contributed by atoms with Crippen LogP contribution in [0.15, 0.2) is 23.2 Å². The number of aliphatic imine (C=N–C) groups is 1. The summed E-state index contributed by atoms with van der Waals surface area (Å²) in [7, 11) is 3.26. The van der Waals surface area contributed by atoms with Crippen LogP contribution in [0.2, 0.25) is 0 Å². The first-order chi connectivity index (χ1) is 12.7. The number of carbonyl (C=O) groups is 1. The molecule has 7 nitrogen and oxygen atoms in total. The maximum atomic E-state index is 12.1. The van der Waals surface area contributed by atoms with Crippen molar-refractivity contribution in [3.8, 4) is 11.5 Å². The molecule has 0 aliphatic carbocycles. The highest BCUT2D eigenvalue weighted by Crippen LogP contribution is 2.25. The minimum absolute atomic E-state index is 0. The summed E-state index contributed by atoms with van der Waals surface area (Å²) >= 11 is 0. The van der Waals surface area contributed by atoms with Crippen LogP contribution in [0.5, 0.6) is 11.5 Å². The van der Waals surface area contributed by atoms with Gasteiger partial charge in [0.2, 0.25) is 5.91 Å². The number of rotatable bonds is 8. The number of hydrogen-bond donors (Lipinski definition) is 2. The molecule has 0 atom stereocenters. The van der Waals surface area contributed by atoms with Crippen molar-refractivity contribution in [3.63, 3.8) is 0 Å².